The first kappa shape index (κ1) is 8.36. The number of aromatic hydroxyl groups is 1. The van der Waals surface area contributed by atoms with E-state index in [4.69, 9.17) is 16.9 Å². The average molecular weight is 210 g/mol. The van der Waals surface area contributed by atoms with Gasteiger partial charge in [-0.15, -0.1) is 11.3 Å². The van der Waals surface area contributed by atoms with Crippen molar-refractivity contribution in [2.45, 2.75) is 0 Å². The van der Waals surface area contributed by atoms with Gasteiger partial charge in [0.25, 0.3) is 0 Å². The predicted molar refractivity (Wildman–Crippen MR) is 53.2 cm³/mol. The fraction of sp³-hybridized carbons (Fsp3) is 0. The Balaban J connectivity index is 2.95. The minimum absolute atomic E-state index is 0.0168. The molecule has 0 aliphatic carbocycles. The fourth-order valence-corrected chi connectivity index (χ4v) is 2.32. The van der Waals surface area contributed by atoms with E-state index in [2.05, 4.69) is 0 Å². The molecule has 1 N–H and O–H groups in total. The smallest absolute Gasteiger partial charge is 0.142 e. The Morgan fingerprint density at radius 2 is 2.31 bits per heavy atom. The topological polar surface area (TPSA) is 44.0 Å². The van der Waals surface area contributed by atoms with E-state index in [0.29, 0.717) is 10.4 Å². The number of hydrogen-bond donors (Lipinski definition) is 1. The van der Waals surface area contributed by atoms with Gasteiger partial charge in [-0.3, -0.25) is 0 Å². The van der Waals surface area contributed by atoms with E-state index < -0.39 is 0 Å². The van der Waals surface area contributed by atoms with Crippen LogP contribution in [0.4, 0.5) is 0 Å². The van der Waals surface area contributed by atoms with Crippen LogP contribution in [0.2, 0.25) is 5.02 Å². The number of nitrogens with zero attached hydrogens (tertiary/aromatic N) is 1. The molecule has 13 heavy (non-hydrogen) atoms. The third-order valence-corrected chi connectivity index (χ3v) is 3.14. The zero-order valence-electron chi connectivity index (χ0n) is 6.41. The molecule has 0 aliphatic rings. The van der Waals surface area contributed by atoms with E-state index in [0.717, 1.165) is 4.70 Å². The number of phenols is 1. The Morgan fingerprint density at radius 1 is 1.54 bits per heavy atom. The molecule has 0 fully saturated rings. The van der Waals surface area contributed by atoms with Gasteiger partial charge in [0.2, 0.25) is 0 Å². The van der Waals surface area contributed by atoms with E-state index in [1.165, 1.54) is 17.4 Å². The Labute approximate surface area is 83.6 Å². The van der Waals surface area contributed by atoms with Crippen LogP contribution >= 0.6 is 22.9 Å². The van der Waals surface area contributed by atoms with E-state index >= 15 is 0 Å². The Hall–Kier alpha value is -1.24. The number of rotatable bonds is 0. The summed E-state index contributed by atoms with van der Waals surface area (Å²) in [6.45, 7) is 0. The van der Waals surface area contributed by atoms with Gasteiger partial charge >= 0.3 is 0 Å². The lowest BCUT2D eigenvalue weighted by Gasteiger charge is -1.99. The molecular weight excluding hydrogens is 206 g/mol. The van der Waals surface area contributed by atoms with Crippen molar-refractivity contribution < 1.29 is 5.11 Å². The largest absolute Gasteiger partial charge is 0.506 e. The van der Waals surface area contributed by atoms with Crippen LogP contribution in [0.5, 0.6) is 5.75 Å². The van der Waals surface area contributed by atoms with Crippen LogP contribution in [0.15, 0.2) is 17.5 Å². The van der Waals surface area contributed by atoms with Crippen molar-refractivity contribution in [2.24, 2.45) is 0 Å². The zero-order chi connectivity index (χ0) is 9.42. The third-order valence-electron chi connectivity index (χ3n) is 1.78. The van der Waals surface area contributed by atoms with E-state index in [-0.39, 0.29) is 11.3 Å². The highest BCUT2D eigenvalue weighted by atomic mass is 35.5. The van der Waals surface area contributed by atoms with Crippen molar-refractivity contribution in [2.75, 3.05) is 0 Å². The van der Waals surface area contributed by atoms with E-state index in [1.807, 2.05) is 11.4 Å². The molecule has 0 amide bonds. The molecule has 0 radical (unpaired) electrons. The van der Waals surface area contributed by atoms with Crippen molar-refractivity contribution >= 4 is 33.0 Å². The first-order chi connectivity index (χ1) is 6.24. The molecular formula is C9H4ClNOS. The first-order valence-electron chi connectivity index (χ1n) is 3.53. The number of phenolic OH excluding ortho intramolecular Hbond substituents is 1. The van der Waals surface area contributed by atoms with Crippen LogP contribution in [-0.2, 0) is 0 Å². The van der Waals surface area contributed by atoms with Crippen LogP contribution in [-0.4, -0.2) is 5.11 Å². The lowest BCUT2D eigenvalue weighted by atomic mass is 10.1. The van der Waals surface area contributed by atoms with Gasteiger partial charge in [-0.2, -0.15) is 5.26 Å². The summed E-state index contributed by atoms with van der Waals surface area (Å²) in [7, 11) is 0. The van der Waals surface area contributed by atoms with Gasteiger partial charge in [0.05, 0.1) is 15.3 Å². The molecule has 2 aromatic rings. The number of fused-ring (bicyclic) bond motifs is 1. The minimum atomic E-state index is 0.0168. The lowest BCUT2D eigenvalue weighted by Crippen LogP contribution is -1.77. The number of nitriles is 1. The highest BCUT2D eigenvalue weighted by molar-refractivity contribution is 7.18. The highest BCUT2D eigenvalue weighted by Crippen LogP contribution is 2.37. The van der Waals surface area contributed by atoms with Gasteiger partial charge in [-0.1, -0.05) is 11.6 Å². The summed E-state index contributed by atoms with van der Waals surface area (Å²) >= 11 is 7.35. The normalized spacial score (nSPS) is 10.2. The second-order valence-corrected chi connectivity index (χ2v) is 3.85. The maximum Gasteiger partial charge on any atom is 0.142 e. The predicted octanol–water partition coefficient (Wildman–Crippen LogP) is 3.13. The third kappa shape index (κ3) is 1.15. The Bertz CT molecular complexity index is 512. The summed E-state index contributed by atoms with van der Waals surface area (Å²) in [6.07, 6.45) is 0. The molecule has 0 aliphatic heterocycles. The number of halogens is 1. The zero-order valence-corrected chi connectivity index (χ0v) is 7.99. The summed E-state index contributed by atoms with van der Waals surface area (Å²) in [5, 5.41) is 21.3. The molecule has 2 nitrogen and oxygen atoms in total. The molecule has 0 saturated heterocycles. The van der Waals surface area contributed by atoms with Crippen molar-refractivity contribution in [1.29, 1.82) is 5.26 Å². The summed E-state index contributed by atoms with van der Waals surface area (Å²) in [6, 6.07) is 5.12. The molecule has 1 aromatic carbocycles. The van der Waals surface area contributed by atoms with Crippen LogP contribution in [0.1, 0.15) is 5.56 Å². The fourth-order valence-electron chi connectivity index (χ4n) is 1.17. The van der Waals surface area contributed by atoms with Crippen LogP contribution in [0.25, 0.3) is 10.1 Å². The molecule has 2 rings (SSSR count). The van der Waals surface area contributed by atoms with Crippen molar-refractivity contribution in [3.05, 3.63) is 28.1 Å². The van der Waals surface area contributed by atoms with Crippen molar-refractivity contribution in [3.8, 4) is 11.8 Å². The van der Waals surface area contributed by atoms with Gasteiger partial charge in [0.1, 0.15) is 11.8 Å². The van der Waals surface area contributed by atoms with Crippen LogP contribution in [0, 0.1) is 11.3 Å². The lowest BCUT2D eigenvalue weighted by molar-refractivity contribution is 0.480. The summed E-state index contributed by atoms with van der Waals surface area (Å²) in [4.78, 5) is 0. The molecule has 64 valence electrons. The quantitative estimate of drug-likeness (QED) is 0.725. The molecule has 4 heteroatoms. The van der Waals surface area contributed by atoms with Gasteiger partial charge < -0.3 is 5.11 Å². The van der Waals surface area contributed by atoms with Gasteiger partial charge in [0, 0.05) is 5.39 Å². The SMILES string of the molecule is N#Cc1cc(Cl)c2sccc2c1O. The summed E-state index contributed by atoms with van der Waals surface area (Å²) < 4.78 is 0.818. The van der Waals surface area contributed by atoms with Gasteiger partial charge in [0.15, 0.2) is 0 Å². The monoisotopic (exact) mass is 209 g/mol. The molecule has 0 bridgehead atoms. The molecule has 0 atom stereocenters. The summed E-state index contributed by atoms with van der Waals surface area (Å²) in [5.74, 6) is 0.0168. The Kier molecular flexibility index (Phi) is 1.87. The standard InChI is InChI=1S/C9H4ClNOS/c10-7-3-5(4-11)8(12)6-1-2-13-9(6)7/h1-3,12H. The highest BCUT2D eigenvalue weighted by Gasteiger charge is 2.10. The molecule has 1 aromatic heterocycles. The van der Waals surface area contributed by atoms with Crippen LogP contribution in [0.3, 0.4) is 0 Å². The van der Waals surface area contributed by atoms with Gasteiger partial charge in [-0.25, -0.2) is 0 Å². The number of hydrogen-bond acceptors (Lipinski definition) is 3. The maximum absolute atomic E-state index is 9.59. The van der Waals surface area contributed by atoms with Crippen molar-refractivity contribution in [1.82, 2.24) is 0 Å². The Morgan fingerprint density at radius 3 is 3.00 bits per heavy atom. The molecule has 0 unspecified atom stereocenters. The van der Waals surface area contributed by atoms with Crippen molar-refractivity contribution in [3.63, 3.8) is 0 Å². The van der Waals surface area contributed by atoms with Gasteiger partial charge in [-0.05, 0) is 17.5 Å². The number of thiophene rings is 1. The average Bonchev–Trinajstić information content (AvgIpc) is 2.60. The number of benzene rings is 1. The van der Waals surface area contributed by atoms with Crippen LogP contribution < -0.4 is 0 Å². The van der Waals surface area contributed by atoms with E-state index in [1.54, 1.807) is 6.07 Å². The molecule has 0 saturated carbocycles. The molecule has 1 heterocycles. The molecule has 0 spiro atoms. The first-order valence-corrected chi connectivity index (χ1v) is 4.78. The minimum Gasteiger partial charge on any atom is -0.506 e. The summed E-state index contributed by atoms with van der Waals surface area (Å²) in [5.41, 5.74) is 0.218. The maximum atomic E-state index is 9.59. The second kappa shape index (κ2) is 2.91. The van der Waals surface area contributed by atoms with E-state index in [9.17, 15) is 5.11 Å². The second-order valence-electron chi connectivity index (χ2n) is 2.53.